The second kappa shape index (κ2) is 4.35. The summed E-state index contributed by atoms with van der Waals surface area (Å²) in [6.07, 6.45) is 2.54. The zero-order valence-electron chi connectivity index (χ0n) is 7.98. The molecule has 0 aromatic rings. The van der Waals surface area contributed by atoms with Crippen LogP contribution in [0.15, 0.2) is 0 Å². The summed E-state index contributed by atoms with van der Waals surface area (Å²) in [7, 11) is -3.29. The first-order valence-electron chi connectivity index (χ1n) is 4.77. The first-order valence-corrected chi connectivity index (χ1v) is 6.49. The maximum atomic E-state index is 10.9. The molecule has 1 saturated carbocycles. The van der Waals surface area contributed by atoms with E-state index in [0.29, 0.717) is 5.92 Å². The van der Waals surface area contributed by atoms with E-state index in [1.54, 1.807) is 0 Å². The molecule has 0 aromatic carbocycles. The molecule has 1 heterocycles. The highest BCUT2D eigenvalue weighted by molar-refractivity contribution is 7.89. The van der Waals surface area contributed by atoms with E-state index in [1.165, 1.54) is 12.8 Å². The molecule has 3 N–H and O–H groups in total. The minimum Gasteiger partial charge on any atom is -0.316 e. The standard InChI is InChI=1S/C8H16N2O2S.ClH/c9-13(11,12)5-7-3-10-4-8(7)6-1-2-6;/h6-8,10H,1-5H2,(H2,9,11,12);1H. The second-order valence-corrected chi connectivity index (χ2v) is 5.91. The molecule has 0 bridgehead atoms. The topological polar surface area (TPSA) is 72.2 Å². The molecule has 1 saturated heterocycles. The highest BCUT2D eigenvalue weighted by Gasteiger charge is 2.40. The number of nitrogens with two attached hydrogens (primary N) is 1. The molecule has 1 aliphatic heterocycles. The lowest BCUT2D eigenvalue weighted by Crippen LogP contribution is -2.28. The Morgan fingerprint density at radius 2 is 1.93 bits per heavy atom. The average molecular weight is 241 g/mol. The Balaban J connectivity index is 0.000000980. The van der Waals surface area contributed by atoms with Gasteiger partial charge in [0.1, 0.15) is 0 Å². The van der Waals surface area contributed by atoms with Crippen molar-refractivity contribution in [3.8, 4) is 0 Å². The Bertz CT molecular complexity index is 290. The third-order valence-electron chi connectivity index (χ3n) is 3.07. The van der Waals surface area contributed by atoms with Crippen molar-refractivity contribution in [1.82, 2.24) is 5.32 Å². The number of primary sulfonamides is 1. The molecule has 14 heavy (non-hydrogen) atoms. The van der Waals surface area contributed by atoms with Crippen molar-refractivity contribution in [2.75, 3.05) is 18.8 Å². The van der Waals surface area contributed by atoms with Crippen LogP contribution in [0.3, 0.4) is 0 Å². The van der Waals surface area contributed by atoms with Gasteiger partial charge in [-0.25, -0.2) is 13.6 Å². The minimum absolute atomic E-state index is 0. The van der Waals surface area contributed by atoms with Gasteiger partial charge in [0.2, 0.25) is 10.0 Å². The van der Waals surface area contributed by atoms with Gasteiger partial charge in [-0.1, -0.05) is 0 Å². The van der Waals surface area contributed by atoms with Gasteiger partial charge in [-0.2, -0.15) is 0 Å². The summed E-state index contributed by atoms with van der Waals surface area (Å²) in [5.41, 5.74) is 0. The first kappa shape index (κ1) is 12.2. The third kappa shape index (κ3) is 3.08. The highest BCUT2D eigenvalue weighted by atomic mass is 35.5. The van der Waals surface area contributed by atoms with Crippen molar-refractivity contribution in [2.45, 2.75) is 12.8 Å². The van der Waals surface area contributed by atoms with Gasteiger partial charge in [0.25, 0.3) is 0 Å². The highest BCUT2D eigenvalue weighted by Crippen LogP contribution is 2.42. The van der Waals surface area contributed by atoms with Crippen molar-refractivity contribution >= 4 is 22.4 Å². The van der Waals surface area contributed by atoms with Crippen molar-refractivity contribution in [3.05, 3.63) is 0 Å². The summed E-state index contributed by atoms with van der Waals surface area (Å²) in [6.45, 7) is 1.79. The van der Waals surface area contributed by atoms with Gasteiger partial charge in [-0.15, -0.1) is 12.4 Å². The smallest absolute Gasteiger partial charge is 0.209 e. The molecule has 2 unspecified atom stereocenters. The van der Waals surface area contributed by atoms with Crippen LogP contribution in [0, 0.1) is 17.8 Å². The molecule has 2 atom stereocenters. The number of halogens is 1. The summed E-state index contributed by atoms with van der Waals surface area (Å²) < 4.78 is 21.9. The van der Waals surface area contributed by atoms with Gasteiger partial charge >= 0.3 is 0 Å². The Morgan fingerprint density at radius 3 is 2.43 bits per heavy atom. The third-order valence-corrected chi connectivity index (χ3v) is 3.96. The van der Waals surface area contributed by atoms with Gasteiger partial charge in [0.15, 0.2) is 0 Å². The molecule has 0 spiro atoms. The van der Waals surface area contributed by atoms with E-state index in [4.69, 9.17) is 5.14 Å². The molecule has 2 aliphatic rings. The zero-order valence-corrected chi connectivity index (χ0v) is 9.61. The van der Waals surface area contributed by atoms with E-state index < -0.39 is 10.0 Å². The predicted molar refractivity (Wildman–Crippen MR) is 57.8 cm³/mol. The lowest BCUT2D eigenvalue weighted by Gasteiger charge is -2.16. The number of rotatable bonds is 3. The van der Waals surface area contributed by atoms with Crippen LogP contribution >= 0.6 is 12.4 Å². The monoisotopic (exact) mass is 240 g/mol. The summed E-state index contributed by atoms with van der Waals surface area (Å²) >= 11 is 0. The Morgan fingerprint density at radius 1 is 1.29 bits per heavy atom. The van der Waals surface area contributed by atoms with Crippen LogP contribution in [0.1, 0.15) is 12.8 Å². The normalized spacial score (nSPS) is 32.6. The summed E-state index contributed by atoms with van der Waals surface area (Å²) in [5.74, 6) is 1.73. The van der Waals surface area contributed by atoms with Crippen LogP contribution < -0.4 is 10.5 Å². The van der Waals surface area contributed by atoms with Gasteiger partial charge in [0.05, 0.1) is 5.75 Å². The molecule has 4 nitrogen and oxygen atoms in total. The van der Waals surface area contributed by atoms with E-state index >= 15 is 0 Å². The lowest BCUT2D eigenvalue weighted by molar-refractivity contribution is 0.401. The molecule has 0 radical (unpaired) electrons. The van der Waals surface area contributed by atoms with Crippen molar-refractivity contribution in [3.63, 3.8) is 0 Å². The largest absolute Gasteiger partial charge is 0.316 e. The van der Waals surface area contributed by atoms with Gasteiger partial charge in [-0.3, -0.25) is 0 Å². The van der Waals surface area contributed by atoms with E-state index in [-0.39, 0.29) is 24.1 Å². The minimum atomic E-state index is -3.29. The maximum absolute atomic E-state index is 10.9. The molecule has 1 aliphatic carbocycles. The van der Waals surface area contributed by atoms with E-state index in [1.807, 2.05) is 0 Å². The van der Waals surface area contributed by atoms with Crippen molar-refractivity contribution in [1.29, 1.82) is 0 Å². The maximum Gasteiger partial charge on any atom is 0.209 e. The first-order chi connectivity index (χ1) is 6.06. The fourth-order valence-corrected chi connectivity index (χ4v) is 3.27. The number of hydrogen-bond acceptors (Lipinski definition) is 3. The van der Waals surface area contributed by atoms with Crippen molar-refractivity contribution in [2.24, 2.45) is 22.9 Å². The number of sulfonamides is 1. The van der Waals surface area contributed by atoms with Gasteiger partial charge in [0, 0.05) is 0 Å². The van der Waals surface area contributed by atoms with E-state index in [2.05, 4.69) is 5.32 Å². The van der Waals surface area contributed by atoms with E-state index in [9.17, 15) is 8.42 Å². The van der Waals surface area contributed by atoms with Crippen LogP contribution in [-0.4, -0.2) is 27.3 Å². The fraction of sp³-hybridized carbons (Fsp3) is 1.00. The predicted octanol–water partition coefficient (Wildman–Crippen LogP) is -0.0577. The molecule has 6 heteroatoms. The molecule has 84 valence electrons. The van der Waals surface area contributed by atoms with Crippen LogP contribution in [0.25, 0.3) is 0 Å². The number of hydrogen-bond donors (Lipinski definition) is 2. The van der Waals surface area contributed by atoms with Gasteiger partial charge in [-0.05, 0) is 43.7 Å². The van der Waals surface area contributed by atoms with Crippen LogP contribution in [-0.2, 0) is 10.0 Å². The van der Waals surface area contributed by atoms with Gasteiger partial charge < -0.3 is 5.32 Å². The average Bonchev–Trinajstić information content (AvgIpc) is 2.72. The summed E-state index contributed by atoms with van der Waals surface area (Å²) in [6, 6.07) is 0. The summed E-state index contributed by atoms with van der Waals surface area (Å²) in [4.78, 5) is 0. The second-order valence-electron chi connectivity index (χ2n) is 4.25. The molecule has 2 rings (SSSR count). The lowest BCUT2D eigenvalue weighted by atomic mass is 9.93. The van der Waals surface area contributed by atoms with Crippen LogP contribution in [0.4, 0.5) is 0 Å². The van der Waals surface area contributed by atoms with Crippen LogP contribution in [0.2, 0.25) is 0 Å². The SMILES string of the molecule is Cl.NS(=O)(=O)CC1CNCC1C1CC1. The summed E-state index contributed by atoms with van der Waals surface area (Å²) in [5, 5.41) is 8.29. The van der Waals surface area contributed by atoms with E-state index in [0.717, 1.165) is 19.0 Å². The Kier molecular flexibility index (Phi) is 3.80. The molecule has 2 fully saturated rings. The number of nitrogens with one attached hydrogen (secondary N) is 1. The zero-order chi connectivity index (χ0) is 9.47. The molecular weight excluding hydrogens is 224 g/mol. The fourth-order valence-electron chi connectivity index (χ4n) is 2.31. The molecule has 0 amide bonds. The van der Waals surface area contributed by atoms with Crippen molar-refractivity contribution < 1.29 is 8.42 Å². The Hall–Kier alpha value is 0.160. The van der Waals surface area contributed by atoms with Crippen LogP contribution in [0.5, 0.6) is 0 Å². The quantitative estimate of drug-likeness (QED) is 0.726. The Labute approximate surface area is 91.1 Å². The molecule has 0 aromatic heterocycles. The molecular formula is C8H17ClN2O2S.